The molecule has 1 aromatic rings. The van der Waals surface area contributed by atoms with Crippen LogP contribution in [0.3, 0.4) is 0 Å². The molecule has 2 rings (SSSR count). The molecule has 292 valence electrons. The van der Waals surface area contributed by atoms with Crippen LogP contribution < -0.4 is 9.88 Å². The summed E-state index contributed by atoms with van der Waals surface area (Å²) in [5.74, 6) is -2.98. The first-order valence-corrected chi connectivity index (χ1v) is 17.1. The first-order valence-electron chi connectivity index (χ1n) is 15.6. The fourth-order valence-corrected chi connectivity index (χ4v) is 4.72. The Kier molecular flexibility index (Phi) is 19.7. The van der Waals surface area contributed by atoms with Crippen LogP contribution in [-0.2, 0) is 76.6 Å². The van der Waals surface area contributed by atoms with Crippen molar-refractivity contribution in [2.24, 2.45) is 5.14 Å². The Bertz CT molecular complexity index is 1530. The van der Waals surface area contributed by atoms with Crippen molar-refractivity contribution in [1.82, 2.24) is 0 Å². The number of hydrogen-bond acceptors (Lipinski definition) is 18. The van der Waals surface area contributed by atoms with E-state index in [4.69, 9.17) is 57.2 Å². The molecule has 0 saturated carbocycles. The molecule has 1 aliphatic heterocycles. The minimum atomic E-state index is -4.00. The van der Waals surface area contributed by atoms with Gasteiger partial charge in [-0.3, -0.25) is 0 Å². The van der Waals surface area contributed by atoms with Crippen molar-refractivity contribution in [3.05, 3.63) is 74.9 Å². The molecule has 5 unspecified atom stereocenters. The zero-order valence-electron chi connectivity index (χ0n) is 28.5. The number of benzene rings is 1. The third-order valence-electron chi connectivity index (χ3n) is 6.50. The van der Waals surface area contributed by atoms with Gasteiger partial charge in [-0.05, 0) is 24.3 Å². The minimum Gasteiger partial charge on any atom is -0.460 e. The van der Waals surface area contributed by atoms with E-state index in [1.807, 2.05) is 0 Å². The summed E-state index contributed by atoms with van der Waals surface area (Å²) >= 11 is 0. The van der Waals surface area contributed by atoms with Crippen LogP contribution in [0.15, 0.2) is 79.8 Å². The number of ether oxygens (including phenoxy) is 11. The van der Waals surface area contributed by atoms with Crippen LogP contribution in [0.25, 0.3) is 0 Å². The SMILES string of the molecule is C=CC(=O)OCCOC1OC(COC(=O)Oc2ccc(S(N)(=O)=O)cc2)C(OCCOC(=O)C=C)C(OCCOC(=O)C=C)C1OCCOC(=O)C=C. The van der Waals surface area contributed by atoms with Gasteiger partial charge in [-0.1, -0.05) is 26.3 Å². The Morgan fingerprint density at radius 2 is 1.02 bits per heavy atom. The Balaban J connectivity index is 2.38. The smallest absolute Gasteiger partial charge is 0.460 e. The lowest BCUT2D eigenvalue weighted by Gasteiger charge is -2.45. The molecule has 0 spiro atoms. The number of nitrogens with two attached hydrogens (primary N) is 1. The van der Waals surface area contributed by atoms with Crippen molar-refractivity contribution in [3.63, 3.8) is 0 Å². The van der Waals surface area contributed by atoms with Crippen molar-refractivity contribution in [2.45, 2.75) is 35.6 Å². The van der Waals surface area contributed by atoms with Gasteiger partial charge in [0.15, 0.2) is 6.29 Å². The van der Waals surface area contributed by atoms with Gasteiger partial charge in [-0.15, -0.1) is 0 Å². The van der Waals surface area contributed by atoms with Gasteiger partial charge in [0.1, 0.15) is 63.2 Å². The fourth-order valence-electron chi connectivity index (χ4n) is 4.21. The summed E-state index contributed by atoms with van der Waals surface area (Å²) in [7, 11) is -4.00. The van der Waals surface area contributed by atoms with Crippen molar-refractivity contribution < 1.29 is 84.5 Å². The zero-order chi connectivity index (χ0) is 39.2. The summed E-state index contributed by atoms with van der Waals surface area (Å²) in [4.78, 5) is 58.9. The van der Waals surface area contributed by atoms with E-state index in [0.29, 0.717) is 0 Å². The number of sulfonamides is 1. The Morgan fingerprint density at radius 3 is 1.45 bits per heavy atom. The third kappa shape index (κ3) is 16.5. The summed E-state index contributed by atoms with van der Waals surface area (Å²) in [6.07, 6.45) is -3.62. The second-order valence-electron chi connectivity index (χ2n) is 10.1. The summed E-state index contributed by atoms with van der Waals surface area (Å²) in [6.45, 7) is 10.8. The van der Waals surface area contributed by atoms with Gasteiger partial charge >= 0.3 is 30.0 Å². The van der Waals surface area contributed by atoms with E-state index >= 15 is 0 Å². The van der Waals surface area contributed by atoms with Gasteiger partial charge in [0.2, 0.25) is 10.0 Å². The van der Waals surface area contributed by atoms with E-state index in [-0.39, 0.29) is 63.5 Å². The van der Waals surface area contributed by atoms with E-state index in [2.05, 4.69) is 26.3 Å². The lowest BCUT2D eigenvalue weighted by Crippen LogP contribution is -2.62. The lowest BCUT2D eigenvalue weighted by molar-refractivity contribution is -0.324. The molecule has 20 heteroatoms. The molecule has 1 aromatic carbocycles. The van der Waals surface area contributed by atoms with Crippen LogP contribution in [0.1, 0.15) is 0 Å². The first-order chi connectivity index (χ1) is 25.3. The standard InChI is InChI=1S/C33H41NO18S/c1-5-25(35)42-13-17-46-29-24(21-50-33(39)51-22-9-11-23(12-10-22)53(34,40)41)52-32(49-20-16-45-28(38)8-4)31(48-19-15-44-27(37)7-3)30(29)47-18-14-43-26(36)6-2/h5-12,24,29-32H,1-4,13-21H2,(H2,34,40,41). The lowest BCUT2D eigenvalue weighted by atomic mass is 9.98. The number of carbonyl (C=O) groups excluding carboxylic acids is 5. The molecular weight excluding hydrogens is 730 g/mol. The van der Waals surface area contributed by atoms with Gasteiger partial charge in [-0.2, -0.15) is 0 Å². The molecule has 0 radical (unpaired) electrons. The maximum absolute atomic E-state index is 12.7. The average Bonchev–Trinajstić information content (AvgIpc) is 3.14. The predicted molar refractivity (Wildman–Crippen MR) is 178 cm³/mol. The van der Waals surface area contributed by atoms with E-state index in [0.717, 1.165) is 36.4 Å². The van der Waals surface area contributed by atoms with Crippen molar-refractivity contribution >= 4 is 40.1 Å². The molecule has 0 aromatic heterocycles. The molecule has 1 fully saturated rings. The van der Waals surface area contributed by atoms with E-state index in [9.17, 15) is 32.4 Å². The molecule has 53 heavy (non-hydrogen) atoms. The molecule has 1 aliphatic rings. The largest absolute Gasteiger partial charge is 0.513 e. The van der Waals surface area contributed by atoms with Crippen molar-refractivity contribution in [3.8, 4) is 5.75 Å². The van der Waals surface area contributed by atoms with Crippen LogP contribution in [0.2, 0.25) is 0 Å². The quantitative estimate of drug-likeness (QED) is 0.0498. The number of carbonyl (C=O) groups is 5. The Hall–Kier alpha value is -4.96. The van der Waals surface area contributed by atoms with Crippen LogP contribution >= 0.6 is 0 Å². The number of esters is 4. The molecule has 19 nitrogen and oxygen atoms in total. The topological polar surface area (TPSA) is 247 Å². The van der Waals surface area contributed by atoms with Crippen LogP contribution in [0.5, 0.6) is 5.75 Å². The first kappa shape index (κ1) is 44.2. The molecule has 0 bridgehead atoms. The fraction of sp³-hybridized carbons (Fsp3) is 0.424. The normalized spacial score (nSPS) is 19.5. The maximum Gasteiger partial charge on any atom is 0.513 e. The Labute approximate surface area is 305 Å². The van der Waals surface area contributed by atoms with Crippen molar-refractivity contribution in [2.75, 3.05) is 59.5 Å². The highest BCUT2D eigenvalue weighted by atomic mass is 32.2. The second kappa shape index (κ2) is 23.6. The zero-order valence-corrected chi connectivity index (χ0v) is 29.3. The van der Waals surface area contributed by atoms with Gasteiger partial charge in [0.05, 0.1) is 31.3 Å². The summed E-state index contributed by atoms with van der Waals surface area (Å²) in [5, 5.41) is 5.10. The summed E-state index contributed by atoms with van der Waals surface area (Å²) in [5.41, 5.74) is 0. The van der Waals surface area contributed by atoms with Gasteiger partial charge in [0, 0.05) is 24.3 Å². The van der Waals surface area contributed by atoms with Crippen LogP contribution in [0, 0.1) is 0 Å². The monoisotopic (exact) mass is 771 g/mol. The second-order valence-corrected chi connectivity index (χ2v) is 11.6. The van der Waals surface area contributed by atoms with E-state index in [1.165, 1.54) is 12.1 Å². The third-order valence-corrected chi connectivity index (χ3v) is 7.43. The highest BCUT2D eigenvalue weighted by molar-refractivity contribution is 7.89. The van der Waals surface area contributed by atoms with Gasteiger partial charge in [-0.25, -0.2) is 37.5 Å². The predicted octanol–water partition coefficient (Wildman–Crippen LogP) is 0.663. The number of primary sulfonamides is 1. The molecule has 2 N–H and O–H groups in total. The number of hydrogen-bond donors (Lipinski definition) is 1. The number of rotatable bonds is 24. The maximum atomic E-state index is 12.7. The minimum absolute atomic E-state index is 0.0834. The van der Waals surface area contributed by atoms with E-state index in [1.54, 1.807) is 0 Å². The van der Waals surface area contributed by atoms with Gasteiger partial charge < -0.3 is 52.1 Å². The molecule has 1 heterocycles. The van der Waals surface area contributed by atoms with Gasteiger partial charge in [0.25, 0.3) is 0 Å². The van der Waals surface area contributed by atoms with Crippen LogP contribution in [-0.4, -0.2) is 129 Å². The average molecular weight is 772 g/mol. The summed E-state index contributed by atoms with van der Waals surface area (Å²) < 4.78 is 83.5. The highest BCUT2D eigenvalue weighted by Gasteiger charge is 2.49. The van der Waals surface area contributed by atoms with Crippen LogP contribution in [0.4, 0.5) is 4.79 Å². The highest BCUT2D eigenvalue weighted by Crippen LogP contribution is 2.30. The molecule has 0 amide bonds. The molecule has 0 aliphatic carbocycles. The molecular formula is C33H41NO18S. The van der Waals surface area contributed by atoms with E-state index < -0.39 is 77.4 Å². The molecule has 1 saturated heterocycles. The molecule has 5 atom stereocenters. The summed E-state index contributed by atoms with van der Waals surface area (Å²) in [6, 6.07) is 4.59. The Morgan fingerprint density at radius 1 is 0.604 bits per heavy atom. The van der Waals surface area contributed by atoms with Crippen molar-refractivity contribution in [1.29, 1.82) is 0 Å².